The molecular weight excluding hydrogens is 406 g/mol. The van der Waals surface area contributed by atoms with Crippen LogP contribution in [0.1, 0.15) is 13.3 Å². The predicted molar refractivity (Wildman–Crippen MR) is 104 cm³/mol. The molecule has 0 aromatic heterocycles. The topological polar surface area (TPSA) is 99.2 Å². The average Bonchev–Trinajstić information content (AvgIpc) is 2.72. The van der Waals surface area contributed by atoms with Gasteiger partial charge in [0.15, 0.2) is 21.3 Å². The Kier molecular flexibility index (Phi) is 6.71. The number of thioether (sulfide) groups is 1. The van der Waals surface area contributed by atoms with Crippen molar-refractivity contribution in [2.75, 3.05) is 43.6 Å². The molecule has 3 rings (SSSR count). The van der Waals surface area contributed by atoms with Crippen molar-refractivity contribution in [2.24, 2.45) is 0 Å². The Morgan fingerprint density at radius 1 is 1.25 bits per heavy atom. The molecule has 0 spiro atoms. The molecule has 1 amide bonds. The van der Waals surface area contributed by atoms with Crippen LogP contribution in [0.4, 0.5) is 0 Å². The number of hydrogen-bond acceptors (Lipinski definition) is 8. The van der Waals surface area contributed by atoms with E-state index in [9.17, 15) is 18.0 Å². The Bertz CT molecular complexity index is 840. The van der Waals surface area contributed by atoms with Crippen LogP contribution in [0.25, 0.3) is 0 Å². The molecule has 154 valence electrons. The molecule has 1 fully saturated rings. The zero-order chi connectivity index (χ0) is 20.1. The first-order chi connectivity index (χ1) is 13.4. The SMILES string of the molecule is CCOC(=O)C1CSCCN1C(=O)CCS(=O)(=O)c1ccc2c(c1)OCCO2. The van der Waals surface area contributed by atoms with Gasteiger partial charge in [-0.2, -0.15) is 11.8 Å². The van der Waals surface area contributed by atoms with E-state index in [1.807, 2.05) is 0 Å². The van der Waals surface area contributed by atoms with E-state index < -0.39 is 21.8 Å². The van der Waals surface area contributed by atoms with Crippen LogP contribution in [0, 0.1) is 0 Å². The van der Waals surface area contributed by atoms with Gasteiger partial charge >= 0.3 is 5.97 Å². The van der Waals surface area contributed by atoms with E-state index in [0.29, 0.717) is 42.8 Å². The second kappa shape index (κ2) is 9.04. The molecule has 1 saturated heterocycles. The Balaban J connectivity index is 1.66. The van der Waals surface area contributed by atoms with E-state index in [4.69, 9.17) is 14.2 Å². The Morgan fingerprint density at radius 2 is 2.00 bits per heavy atom. The van der Waals surface area contributed by atoms with Crippen LogP contribution in [0.15, 0.2) is 23.1 Å². The van der Waals surface area contributed by atoms with Gasteiger partial charge in [-0.15, -0.1) is 0 Å². The number of fused-ring (bicyclic) bond motifs is 1. The molecule has 2 heterocycles. The van der Waals surface area contributed by atoms with Gasteiger partial charge in [0.25, 0.3) is 0 Å². The highest BCUT2D eigenvalue weighted by Crippen LogP contribution is 2.32. The maximum atomic E-state index is 12.7. The maximum Gasteiger partial charge on any atom is 0.329 e. The number of esters is 1. The van der Waals surface area contributed by atoms with Crippen LogP contribution in [0.3, 0.4) is 0 Å². The zero-order valence-corrected chi connectivity index (χ0v) is 17.2. The van der Waals surface area contributed by atoms with Crippen LogP contribution in [-0.2, 0) is 24.2 Å². The smallest absolute Gasteiger partial charge is 0.329 e. The minimum atomic E-state index is -3.68. The first-order valence-corrected chi connectivity index (χ1v) is 11.9. The number of rotatable bonds is 6. The van der Waals surface area contributed by atoms with E-state index in [0.717, 1.165) is 0 Å². The lowest BCUT2D eigenvalue weighted by Crippen LogP contribution is -2.51. The van der Waals surface area contributed by atoms with Crippen molar-refractivity contribution in [3.05, 3.63) is 18.2 Å². The minimum absolute atomic E-state index is 0.0840. The fourth-order valence-corrected chi connectivity index (χ4v) is 5.31. The van der Waals surface area contributed by atoms with E-state index in [-0.39, 0.29) is 29.6 Å². The van der Waals surface area contributed by atoms with Crippen molar-refractivity contribution < 1.29 is 32.2 Å². The second-order valence-electron chi connectivity index (χ2n) is 6.30. The van der Waals surface area contributed by atoms with Crippen molar-refractivity contribution in [3.8, 4) is 11.5 Å². The third-order valence-corrected chi connectivity index (χ3v) is 7.20. The third-order valence-electron chi connectivity index (χ3n) is 4.46. The van der Waals surface area contributed by atoms with E-state index in [2.05, 4.69) is 0 Å². The molecule has 1 aromatic carbocycles. The summed E-state index contributed by atoms with van der Waals surface area (Å²) < 4.78 is 41.2. The number of benzene rings is 1. The van der Waals surface area contributed by atoms with Crippen LogP contribution in [-0.4, -0.2) is 74.9 Å². The molecule has 8 nitrogen and oxygen atoms in total. The quantitative estimate of drug-likeness (QED) is 0.621. The zero-order valence-electron chi connectivity index (χ0n) is 15.6. The summed E-state index contributed by atoms with van der Waals surface area (Å²) in [6.45, 7) is 3.12. The Labute approximate surface area is 168 Å². The average molecular weight is 430 g/mol. The van der Waals surface area contributed by atoms with Gasteiger partial charge in [0.1, 0.15) is 19.3 Å². The number of nitrogens with zero attached hydrogens (tertiary/aromatic N) is 1. The van der Waals surface area contributed by atoms with Crippen molar-refractivity contribution in [1.29, 1.82) is 0 Å². The molecule has 0 saturated carbocycles. The number of carbonyl (C=O) groups excluding carboxylic acids is 2. The van der Waals surface area contributed by atoms with Crippen LogP contribution in [0.2, 0.25) is 0 Å². The first kappa shape index (κ1) is 20.8. The number of carbonyl (C=O) groups is 2. The number of hydrogen-bond donors (Lipinski definition) is 0. The maximum absolute atomic E-state index is 12.7. The Hall–Kier alpha value is -1.94. The monoisotopic (exact) mass is 429 g/mol. The van der Waals surface area contributed by atoms with Crippen LogP contribution < -0.4 is 9.47 Å². The van der Waals surface area contributed by atoms with Gasteiger partial charge in [-0.05, 0) is 19.1 Å². The number of amides is 1. The predicted octanol–water partition coefficient (Wildman–Crippen LogP) is 1.13. The summed E-state index contributed by atoms with van der Waals surface area (Å²) >= 11 is 1.57. The molecule has 10 heteroatoms. The van der Waals surface area contributed by atoms with Gasteiger partial charge in [0, 0.05) is 30.5 Å². The van der Waals surface area contributed by atoms with Crippen LogP contribution in [0.5, 0.6) is 11.5 Å². The summed E-state index contributed by atoms with van der Waals surface area (Å²) in [5, 5.41) is 0. The standard InChI is InChI=1S/C18H23NO7S2/c1-2-24-18(21)14-12-27-9-6-19(14)17(20)5-10-28(22,23)13-3-4-15-16(11-13)26-8-7-25-15/h3-4,11,14H,2,5-10,12H2,1H3. The summed E-state index contributed by atoms with van der Waals surface area (Å²) in [6.07, 6.45) is -0.197. The van der Waals surface area contributed by atoms with E-state index in [1.165, 1.54) is 17.0 Å². The van der Waals surface area contributed by atoms with Crippen molar-refractivity contribution in [3.63, 3.8) is 0 Å². The van der Waals surface area contributed by atoms with Gasteiger partial charge in [0.2, 0.25) is 5.91 Å². The summed E-state index contributed by atoms with van der Waals surface area (Å²) in [5.41, 5.74) is 0. The van der Waals surface area contributed by atoms with E-state index >= 15 is 0 Å². The number of ether oxygens (including phenoxy) is 3. The molecule has 1 aromatic rings. The highest BCUT2D eigenvalue weighted by Gasteiger charge is 2.34. The van der Waals surface area contributed by atoms with Crippen LogP contribution >= 0.6 is 11.8 Å². The lowest BCUT2D eigenvalue weighted by molar-refractivity contribution is -0.153. The van der Waals surface area contributed by atoms with Gasteiger partial charge in [0.05, 0.1) is 17.3 Å². The molecule has 28 heavy (non-hydrogen) atoms. The largest absolute Gasteiger partial charge is 0.486 e. The van der Waals surface area contributed by atoms with Crippen molar-refractivity contribution in [2.45, 2.75) is 24.3 Å². The molecule has 1 unspecified atom stereocenters. The van der Waals surface area contributed by atoms with Gasteiger partial charge < -0.3 is 19.1 Å². The normalized spacial score (nSPS) is 19.2. The molecule has 0 bridgehead atoms. The fraction of sp³-hybridized carbons (Fsp3) is 0.556. The molecule has 2 aliphatic heterocycles. The molecule has 2 aliphatic rings. The summed E-state index contributed by atoms with van der Waals surface area (Å²) in [7, 11) is -3.68. The van der Waals surface area contributed by atoms with Gasteiger partial charge in [-0.25, -0.2) is 13.2 Å². The lowest BCUT2D eigenvalue weighted by atomic mass is 10.2. The second-order valence-corrected chi connectivity index (χ2v) is 9.56. The third kappa shape index (κ3) is 4.72. The fourth-order valence-electron chi connectivity index (χ4n) is 3.04. The highest BCUT2D eigenvalue weighted by atomic mass is 32.2. The minimum Gasteiger partial charge on any atom is -0.486 e. The first-order valence-electron chi connectivity index (χ1n) is 9.08. The van der Waals surface area contributed by atoms with Gasteiger partial charge in [-0.3, -0.25) is 4.79 Å². The number of sulfone groups is 1. The van der Waals surface area contributed by atoms with Crippen molar-refractivity contribution >= 4 is 33.5 Å². The molecular formula is C18H23NO7S2. The Morgan fingerprint density at radius 3 is 2.75 bits per heavy atom. The molecule has 0 N–H and O–H groups in total. The highest BCUT2D eigenvalue weighted by molar-refractivity contribution is 7.99. The van der Waals surface area contributed by atoms with Gasteiger partial charge in [-0.1, -0.05) is 0 Å². The summed E-state index contributed by atoms with van der Waals surface area (Å²) in [6, 6.07) is 3.77. The summed E-state index contributed by atoms with van der Waals surface area (Å²) in [4.78, 5) is 26.2. The molecule has 1 atom stereocenters. The van der Waals surface area contributed by atoms with Crippen molar-refractivity contribution in [1.82, 2.24) is 4.90 Å². The molecule has 0 aliphatic carbocycles. The molecule has 0 radical (unpaired) electrons. The summed E-state index contributed by atoms with van der Waals surface area (Å²) in [5.74, 6) is 0.899. The van der Waals surface area contributed by atoms with E-state index in [1.54, 1.807) is 24.8 Å². The lowest BCUT2D eigenvalue weighted by Gasteiger charge is -2.33.